The first-order valence-electron chi connectivity index (χ1n) is 5.47. The zero-order valence-corrected chi connectivity index (χ0v) is 12.1. The number of nitrogens with two attached hydrogens (primary N) is 1. The second-order valence-electron chi connectivity index (χ2n) is 4.45. The second-order valence-corrected chi connectivity index (χ2v) is 7.00. The molecular formula is C11H14N4O2S2. The molecule has 2 rings (SSSR count). The molecule has 0 saturated carbocycles. The van der Waals surface area contributed by atoms with E-state index in [0.29, 0.717) is 5.01 Å². The third-order valence-corrected chi connectivity index (χ3v) is 5.25. The van der Waals surface area contributed by atoms with Crippen molar-refractivity contribution in [2.24, 2.45) is 0 Å². The highest BCUT2D eigenvalue weighted by Gasteiger charge is 2.31. The Labute approximate surface area is 115 Å². The maximum atomic E-state index is 12.3. The van der Waals surface area contributed by atoms with Crippen molar-refractivity contribution in [1.29, 1.82) is 0 Å². The summed E-state index contributed by atoms with van der Waals surface area (Å²) >= 11 is 1.39. The summed E-state index contributed by atoms with van der Waals surface area (Å²) in [5.41, 5.74) is 4.79. The summed E-state index contributed by atoms with van der Waals surface area (Å²) in [6.07, 6.45) is 3.08. The average molecular weight is 298 g/mol. The Bertz CT molecular complexity index is 666. The summed E-state index contributed by atoms with van der Waals surface area (Å²) in [4.78, 5) is 7.89. The van der Waals surface area contributed by atoms with E-state index in [4.69, 9.17) is 5.73 Å². The topological polar surface area (TPSA) is 98.0 Å². The first kappa shape index (κ1) is 13.9. The smallest absolute Gasteiger partial charge is 0.245 e. The van der Waals surface area contributed by atoms with Crippen LogP contribution >= 0.6 is 11.3 Å². The molecule has 2 heterocycles. The number of nitrogens with one attached hydrogen (secondary N) is 1. The standard InChI is InChI=1S/C11H14N4O2S2/c1-11(2,10-14-6-7-18-10)15-19(16,17)8-4-3-5-13-9(8)12/h3-7,15H,1-2H3,(H2,12,13). The zero-order valence-electron chi connectivity index (χ0n) is 10.5. The van der Waals surface area contributed by atoms with Crippen LogP contribution in [0.2, 0.25) is 0 Å². The highest BCUT2D eigenvalue weighted by atomic mass is 32.2. The lowest BCUT2D eigenvalue weighted by atomic mass is 10.1. The van der Waals surface area contributed by atoms with Gasteiger partial charge in [-0.25, -0.2) is 18.4 Å². The lowest BCUT2D eigenvalue weighted by molar-refractivity contribution is 0.470. The van der Waals surface area contributed by atoms with Crippen molar-refractivity contribution in [3.05, 3.63) is 34.9 Å². The van der Waals surface area contributed by atoms with Crippen molar-refractivity contribution in [2.75, 3.05) is 5.73 Å². The van der Waals surface area contributed by atoms with Gasteiger partial charge in [0.25, 0.3) is 0 Å². The number of aromatic nitrogens is 2. The molecular weight excluding hydrogens is 284 g/mol. The van der Waals surface area contributed by atoms with Crippen LogP contribution in [-0.4, -0.2) is 18.4 Å². The van der Waals surface area contributed by atoms with E-state index in [2.05, 4.69) is 14.7 Å². The minimum atomic E-state index is -3.75. The van der Waals surface area contributed by atoms with Crippen LogP contribution in [-0.2, 0) is 15.6 Å². The Kier molecular flexibility index (Phi) is 3.57. The first-order valence-corrected chi connectivity index (χ1v) is 7.84. The molecule has 0 aromatic carbocycles. The van der Waals surface area contributed by atoms with Crippen molar-refractivity contribution in [2.45, 2.75) is 24.3 Å². The third-order valence-electron chi connectivity index (χ3n) is 2.45. The van der Waals surface area contributed by atoms with Gasteiger partial charge >= 0.3 is 0 Å². The maximum absolute atomic E-state index is 12.3. The Hall–Kier alpha value is -1.51. The van der Waals surface area contributed by atoms with Gasteiger partial charge in [-0.15, -0.1) is 11.3 Å². The Balaban J connectivity index is 2.35. The lowest BCUT2D eigenvalue weighted by Crippen LogP contribution is -2.41. The largest absolute Gasteiger partial charge is 0.383 e. The molecule has 0 atom stereocenters. The molecule has 8 heteroatoms. The van der Waals surface area contributed by atoms with Gasteiger partial charge in [0.2, 0.25) is 10.0 Å². The van der Waals surface area contributed by atoms with E-state index in [-0.39, 0.29) is 10.7 Å². The predicted octanol–water partition coefficient (Wildman–Crippen LogP) is 1.33. The van der Waals surface area contributed by atoms with Gasteiger partial charge in [-0.05, 0) is 26.0 Å². The Morgan fingerprint density at radius 3 is 2.63 bits per heavy atom. The van der Waals surface area contributed by atoms with E-state index >= 15 is 0 Å². The summed E-state index contributed by atoms with van der Waals surface area (Å²) in [6, 6.07) is 2.95. The monoisotopic (exact) mass is 298 g/mol. The number of anilines is 1. The average Bonchev–Trinajstić information content (AvgIpc) is 2.81. The normalized spacial score (nSPS) is 12.5. The van der Waals surface area contributed by atoms with Crippen LogP contribution in [0.15, 0.2) is 34.8 Å². The van der Waals surface area contributed by atoms with E-state index in [9.17, 15) is 8.42 Å². The van der Waals surface area contributed by atoms with Gasteiger partial charge < -0.3 is 5.73 Å². The molecule has 0 saturated heterocycles. The van der Waals surface area contributed by atoms with Crippen LogP contribution in [0.5, 0.6) is 0 Å². The van der Waals surface area contributed by atoms with Crippen molar-refractivity contribution in [3.8, 4) is 0 Å². The Morgan fingerprint density at radius 1 is 1.32 bits per heavy atom. The fourth-order valence-electron chi connectivity index (χ4n) is 1.60. The van der Waals surface area contributed by atoms with Crippen LogP contribution in [0, 0.1) is 0 Å². The number of rotatable bonds is 4. The molecule has 0 aliphatic rings. The van der Waals surface area contributed by atoms with Crippen LogP contribution < -0.4 is 10.5 Å². The quantitative estimate of drug-likeness (QED) is 0.887. The molecule has 2 aromatic rings. The molecule has 6 nitrogen and oxygen atoms in total. The van der Waals surface area contributed by atoms with Crippen LogP contribution in [0.4, 0.5) is 5.82 Å². The molecule has 0 unspecified atom stereocenters. The molecule has 0 amide bonds. The molecule has 0 spiro atoms. The molecule has 0 bridgehead atoms. The minimum absolute atomic E-state index is 0.0232. The fourth-order valence-corrected chi connectivity index (χ4v) is 3.84. The summed E-state index contributed by atoms with van der Waals surface area (Å²) < 4.78 is 27.2. The van der Waals surface area contributed by atoms with E-state index in [0.717, 1.165) is 0 Å². The second kappa shape index (κ2) is 4.87. The van der Waals surface area contributed by atoms with Gasteiger partial charge in [-0.1, -0.05) is 0 Å². The first-order chi connectivity index (χ1) is 8.83. The Morgan fingerprint density at radius 2 is 2.05 bits per heavy atom. The van der Waals surface area contributed by atoms with Crippen molar-refractivity contribution in [1.82, 2.24) is 14.7 Å². The number of pyridine rings is 1. The van der Waals surface area contributed by atoms with Gasteiger partial charge in [-0.2, -0.15) is 4.72 Å². The molecule has 19 heavy (non-hydrogen) atoms. The van der Waals surface area contributed by atoms with Crippen molar-refractivity contribution >= 4 is 27.2 Å². The summed E-state index contributed by atoms with van der Waals surface area (Å²) in [5, 5.41) is 2.47. The number of nitrogens with zero attached hydrogens (tertiary/aromatic N) is 2. The summed E-state index contributed by atoms with van der Waals surface area (Å²) in [5.74, 6) is -0.0232. The van der Waals surface area contributed by atoms with Crippen molar-refractivity contribution < 1.29 is 8.42 Å². The molecule has 0 radical (unpaired) electrons. The minimum Gasteiger partial charge on any atom is -0.383 e. The van der Waals surface area contributed by atoms with Gasteiger partial charge in [0.1, 0.15) is 15.7 Å². The highest BCUT2D eigenvalue weighted by molar-refractivity contribution is 7.89. The highest BCUT2D eigenvalue weighted by Crippen LogP contribution is 2.25. The van der Waals surface area contributed by atoms with Gasteiger partial charge in [0.05, 0.1) is 5.54 Å². The zero-order chi connectivity index (χ0) is 14.1. The van der Waals surface area contributed by atoms with Crippen molar-refractivity contribution in [3.63, 3.8) is 0 Å². The van der Waals surface area contributed by atoms with Crippen LogP contribution in [0.25, 0.3) is 0 Å². The van der Waals surface area contributed by atoms with Gasteiger partial charge in [-0.3, -0.25) is 0 Å². The number of hydrogen-bond donors (Lipinski definition) is 2. The van der Waals surface area contributed by atoms with Gasteiger partial charge in [0, 0.05) is 17.8 Å². The predicted molar refractivity (Wildman–Crippen MR) is 74.1 cm³/mol. The SMILES string of the molecule is CC(C)(NS(=O)(=O)c1cccnc1N)c1nccs1. The van der Waals surface area contributed by atoms with Crippen LogP contribution in [0.1, 0.15) is 18.9 Å². The molecule has 2 aromatic heterocycles. The number of nitrogen functional groups attached to an aromatic ring is 1. The van der Waals surface area contributed by atoms with E-state index in [1.165, 1.54) is 29.7 Å². The number of hydrogen-bond acceptors (Lipinski definition) is 6. The fraction of sp³-hybridized carbons (Fsp3) is 0.273. The van der Waals surface area contributed by atoms with Crippen LogP contribution in [0.3, 0.4) is 0 Å². The lowest BCUT2D eigenvalue weighted by Gasteiger charge is -2.23. The number of sulfonamides is 1. The summed E-state index contributed by atoms with van der Waals surface area (Å²) in [6.45, 7) is 3.49. The number of thiazole rings is 1. The molecule has 3 N–H and O–H groups in total. The summed E-state index contributed by atoms with van der Waals surface area (Å²) in [7, 11) is -3.75. The van der Waals surface area contributed by atoms with Gasteiger partial charge in [0.15, 0.2) is 0 Å². The molecule has 0 aliphatic carbocycles. The molecule has 0 aliphatic heterocycles. The molecule has 102 valence electrons. The van der Waals surface area contributed by atoms with E-state index < -0.39 is 15.6 Å². The van der Waals surface area contributed by atoms with E-state index in [1.54, 1.807) is 25.4 Å². The van der Waals surface area contributed by atoms with E-state index in [1.807, 2.05) is 0 Å². The third kappa shape index (κ3) is 2.91. The maximum Gasteiger partial charge on any atom is 0.245 e. The molecule has 0 fully saturated rings.